The third kappa shape index (κ3) is 1.59. The number of nitrogens with one attached hydrogen (secondary N) is 1. The molecule has 3 nitrogen and oxygen atoms in total. The summed E-state index contributed by atoms with van der Waals surface area (Å²) in [6.07, 6.45) is 3.74. The van der Waals surface area contributed by atoms with Gasteiger partial charge in [-0.2, -0.15) is 0 Å². The number of pyridine rings is 1. The Morgan fingerprint density at radius 2 is 1.68 bits per heavy atom. The Labute approximate surface area is 110 Å². The molecule has 0 saturated carbocycles. The lowest BCUT2D eigenvalue weighted by molar-refractivity contribution is 1.30. The first-order chi connectivity index (χ1) is 9.42. The van der Waals surface area contributed by atoms with Gasteiger partial charge < -0.3 is 4.98 Å². The van der Waals surface area contributed by atoms with Gasteiger partial charge in [0, 0.05) is 23.3 Å². The molecular weight excluding hydrogens is 234 g/mol. The zero-order valence-corrected chi connectivity index (χ0v) is 10.2. The van der Waals surface area contributed by atoms with Gasteiger partial charge in [0.1, 0.15) is 5.82 Å². The van der Waals surface area contributed by atoms with E-state index in [0.717, 1.165) is 33.2 Å². The van der Waals surface area contributed by atoms with Gasteiger partial charge >= 0.3 is 0 Å². The fraction of sp³-hybridized carbons (Fsp3) is 0. The van der Waals surface area contributed by atoms with Gasteiger partial charge in [-0.3, -0.25) is 4.98 Å². The molecule has 0 unspecified atom stereocenters. The number of rotatable bonds is 1. The Bertz CT molecular complexity index is 839. The van der Waals surface area contributed by atoms with Gasteiger partial charge in [0.15, 0.2) is 0 Å². The first-order valence-corrected chi connectivity index (χ1v) is 6.20. The zero-order chi connectivity index (χ0) is 12.7. The Morgan fingerprint density at radius 1 is 0.842 bits per heavy atom. The quantitative estimate of drug-likeness (QED) is 0.554. The number of hydrogen-bond donors (Lipinski definition) is 1. The van der Waals surface area contributed by atoms with Gasteiger partial charge in [-0.1, -0.05) is 36.4 Å². The van der Waals surface area contributed by atoms with Crippen molar-refractivity contribution in [3.63, 3.8) is 0 Å². The van der Waals surface area contributed by atoms with Crippen LogP contribution in [0.1, 0.15) is 0 Å². The molecule has 2 heterocycles. The molecule has 0 aliphatic rings. The fourth-order valence-corrected chi connectivity index (χ4v) is 2.39. The van der Waals surface area contributed by atoms with Crippen molar-refractivity contribution in [3.8, 4) is 11.4 Å². The standard InChI is InChI=1S/C16H11N3/c1-2-6-12-11(5-1)9-17-10-13(12)16-18-14-7-3-4-8-15(14)19-16/h1-10H,(H,18,19). The van der Waals surface area contributed by atoms with Crippen molar-refractivity contribution in [2.24, 2.45) is 0 Å². The van der Waals surface area contributed by atoms with Gasteiger partial charge in [0.25, 0.3) is 0 Å². The Kier molecular flexibility index (Phi) is 2.12. The van der Waals surface area contributed by atoms with E-state index >= 15 is 0 Å². The Balaban J connectivity index is 2.03. The smallest absolute Gasteiger partial charge is 0.140 e. The van der Waals surface area contributed by atoms with Crippen molar-refractivity contribution >= 4 is 21.8 Å². The number of hydrogen-bond acceptors (Lipinski definition) is 2. The maximum Gasteiger partial charge on any atom is 0.140 e. The molecule has 19 heavy (non-hydrogen) atoms. The maximum absolute atomic E-state index is 4.64. The van der Waals surface area contributed by atoms with Crippen LogP contribution in [-0.4, -0.2) is 15.0 Å². The van der Waals surface area contributed by atoms with Crippen LogP contribution in [0, 0.1) is 0 Å². The largest absolute Gasteiger partial charge is 0.338 e. The molecule has 0 radical (unpaired) electrons. The minimum Gasteiger partial charge on any atom is -0.338 e. The number of benzene rings is 2. The first-order valence-electron chi connectivity index (χ1n) is 6.20. The topological polar surface area (TPSA) is 41.6 Å². The van der Waals surface area contributed by atoms with E-state index in [1.54, 1.807) is 0 Å². The lowest BCUT2D eigenvalue weighted by atomic mass is 10.1. The summed E-state index contributed by atoms with van der Waals surface area (Å²) in [4.78, 5) is 12.3. The molecule has 0 bridgehead atoms. The van der Waals surface area contributed by atoms with E-state index in [2.05, 4.69) is 27.1 Å². The normalized spacial score (nSPS) is 11.2. The van der Waals surface area contributed by atoms with Crippen LogP contribution in [0.15, 0.2) is 60.9 Å². The van der Waals surface area contributed by atoms with Crippen molar-refractivity contribution in [3.05, 3.63) is 60.9 Å². The van der Waals surface area contributed by atoms with Gasteiger partial charge in [-0.05, 0) is 17.5 Å². The van der Waals surface area contributed by atoms with E-state index < -0.39 is 0 Å². The molecule has 2 aromatic carbocycles. The summed E-state index contributed by atoms with van der Waals surface area (Å²) in [6, 6.07) is 16.3. The summed E-state index contributed by atoms with van der Waals surface area (Å²) in [7, 11) is 0. The second-order valence-electron chi connectivity index (χ2n) is 4.51. The van der Waals surface area contributed by atoms with Gasteiger partial charge in [-0.25, -0.2) is 4.98 Å². The van der Waals surface area contributed by atoms with Crippen LogP contribution in [0.4, 0.5) is 0 Å². The van der Waals surface area contributed by atoms with Crippen molar-refractivity contribution in [2.45, 2.75) is 0 Å². The molecule has 2 aromatic heterocycles. The Morgan fingerprint density at radius 3 is 2.63 bits per heavy atom. The van der Waals surface area contributed by atoms with Crippen LogP contribution in [0.25, 0.3) is 33.2 Å². The van der Waals surface area contributed by atoms with Crippen LogP contribution in [0.2, 0.25) is 0 Å². The highest BCUT2D eigenvalue weighted by Crippen LogP contribution is 2.26. The molecule has 4 aromatic rings. The number of aromatic amines is 1. The fourth-order valence-electron chi connectivity index (χ4n) is 2.39. The second-order valence-corrected chi connectivity index (χ2v) is 4.51. The van der Waals surface area contributed by atoms with Crippen LogP contribution in [-0.2, 0) is 0 Å². The van der Waals surface area contributed by atoms with Crippen molar-refractivity contribution in [1.82, 2.24) is 15.0 Å². The first kappa shape index (κ1) is 10.3. The number of imidazole rings is 1. The molecule has 4 rings (SSSR count). The minimum absolute atomic E-state index is 0.866. The summed E-state index contributed by atoms with van der Waals surface area (Å²) >= 11 is 0. The molecule has 1 N–H and O–H groups in total. The molecule has 0 fully saturated rings. The molecular formula is C16H11N3. The highest BCUT2D eigenvalue weighted by atomic mass is 14.9. The highest BCUT2D eigenvalue weighted by Gasteiger charge is 2.08. The highest BCUT2D eigenvalue weighted by molar-refractivity contribution is 5.95. The molecule has 0 aliphatic carbocycles. The Hall–Kier alpha value is -2.68. The van der Waals surface area contributed by atoms with E-state index in [0.29, 0.717) is 0 Å². The third-order valence-corrected chi connectivity index (χ3v) is 3.31. The lowest BCUT2D eigenvalue weighted by Crippen LogP contribution is -1.85. The molecule has 0 atom stereocenters. The van der Waals surface area contributed by atoms with E-state index in [1.807, 2.05) is 48.8 Å². The van der Waals surface area contributed by atoms with Crippen LogP contribution < -0.4 is 0 Å². The number of fused-ring (bicyclic) bond motifs is 2. The SMILES string of the molecule is c1ccc2c(-c3nc4ccccc4[nH]3)cncc2c1. The lowest BCUT2D eigenvalue weighted by Gasteiger charge is -2.02. The van der Waals surface area contributed by atoms with E-state index in [1.165, 1.54) is 0 Å². The summed E-state index contributed by atoms with van der Waals surface area (Å²) in [5.41, 5.74) is 3.06. The van der Waals surface area contributed by atoms with Crippen molar-refractivity contribution < 1.29 is 0 Å². The number of nitrogens with zero attached hydrogens (tertiary/aromatic N) is 2. The number of H-pyrrole nitrogens is 1. The van der Waals surface area contributed by atoms with E-state index in [-0.39, 0.29) is 0 Å². The summed E-state index contributed by atoms with van der Waals surface area (Å²) in [5.74, 6) is 0.866. The van der Waals surface area contributed by atoms with Crippen LogP contribution in [0.5, 0.6) is 0 Å². The predicted octanol–water partition coefficient (Wildman–Crippen LogP) is 3.78. The molecule has 90 valence electrons. The van der Waals surface area contributed by atoms with E-state index in [4.69, 9.17) is 0 Å². The second kappa shape index (κ2) is 3.92. The van der Waals surface area contributed by atoms with Crippen molar-refractivity contribution in [2.75, 3.05) is 0 Å². The molecule has 0 amide bonds. The molecule has 3 heteroatoms. The maximum atomic E-state index is 4.64. The molecule has 0 saturated heterocycles. The molecule has 0 aliphatic heterocycles. The monoisotopic (exact) mass is 245 g/mol. The van der Waals surface area contributed by atoms with Crippen LogP contribution in [0.3, 0.4) is 0 Å². The third-order valence-electron chi connectivity index (χ3n) is 3.31. The summed E-state index contributed by atoms with van der Waals surface area (Å²) in [6.45, 7) is 0. The average Bonchev–Trinajstić information content (AvgIpc) is 2.90. The number of para-hydroxylation sites is 2. The summed E-state index contributed by atoms with van der Waals surface area (Å²) in [5, 5.41) is 2.29. The number of aromatic nitrogens is 3. The van der Waals surface area contributed by atoms with E-state index in [9.17, 15) is 0 Å². The zero-order valence-electron chi connectivity index (χ0n) is 10.2. The van der Waals surface area contributed by atoms with Crippen LogP contribution >= 0.6 is 0 Å². The van der Waals surface area contributed by atoms with Gasteiger partial charge in [0.2, 0.25) is 0 Å². The molecule has 0 spiro atoms. The predicted molar refractivity (Wildman–Crippen MR) is 76.8 cm³/mol. The minimum atomic E-state index is 0.866. The van der Waals surface area contributed by atoms with Gasteiger partial charge in [0.05, 0.1) is 11.0 Å². The van der Waals surface area contributed by atoms with Gasteiger partial charge in [-0.15, -0.1) is 0 Å². The van der Waals surface area contributed by atoms with Crippen molar-refractivity contribution in [1.29, 1.82) is 0 Å². The summed E-state index contributed by atoms with van der Waals surface area (Å²) < 4.78 is 0. The average molecular weight is 245 g/mol.